The van der Waals surface area contributed by atoms with Gasteiger partial charge in [-0.2, -0.15) is 0 Å². The van der Waals surface area contributed by atoms with Gasteiger partial charge in [0.2, 0.25) is 5.78 Å². The Hall–Kier alpha value is -1.82. The number of hydrogen-bond acceptors (Lipinski definition) is 3. The highest BCUT2D eigenvalue weighted by molar-refractivity contribution is 7.12. The third-order valence-corrected chi connectivity index (χ3v) is 3.22. The van der Waals surface area contributed by atoms with Crippen LogP contribution < -0.4 is 4.74 Å². The van der Waals surface area contributed by atoms with Gasteiger partial charge in [0, 0.05) is 11.4 Å². The standard InChI is InChI=1S/C12H7F3O2S/c1-17-6-4-9(18-5-6)12(16)7-2-3-8(13)11(15)10(7)14/h2-5H,1H3. The van der Waals surface area contributed by atoms with E-state index in [1.54, 1.807) is 5.38 Å². The van der Waals surface area contributed by atoms with Crippen LogP contribution in [-0.2, 0) is 0 Å². The van der Waals surface area contributed by atoms with Crippen LogP contribution in [-0.4, -0.2) is 12.9 Å². The average molecular weight is 272 g/mol. The maximum atomic E-state index is 13.4. The Kier molecular flexibility index (Phi) is 3.38. The summed E-state index contributed by atoms with van der Waals surface area (Å²) in [4.78, 5) is 12.1. The smallest absolute Gasteiger partial charge is 0.206 e. The summed E-state index contributed by atoms with van der Waals surface area (Å²) in [5.41, 5.74) is -0.501. The fraction of sp³-hybridized carbons (Fsp3) is 0.0833. The molecule has 0 aliphatic carbocycles. The molecule has 0 saturated heterocycles. The van der Waals surface area contributed by atoms with Crippen LogP contribution in [0.5, 0.6) is 5.75 Å². The fourth-order valence-electron chi connectivity index (χ4n) is 1.38. The summed E-state index contributed by atoms with van der Waals surface area (Å²) in [6.07, 6.45) is 0. The highest BCUT2D eigenvalue weighted by Gasteiger charge is 2.21. The molecule has 0 atom stereocenters. The third-order valence-electron chi connectivity index (χ3n) is 2.31. The van der Waals surface area contributed by atoms with E-state index in [-0.39, 0.29) is 4.88 Å². The lowest BCUT2D eigenvalue weighted by Crippen LogP contribution is -2.05. The van der Waals surface area contributed by atoms with E-state index in [0.29, 0.717) is 5.75 Å². The molecule has 0 aliphatic rings. The molecule has 0 bridgehead atoms. The number of hydrogen-bond donors (Lipinski definition) is 0. The topological polar surface area (TPSA) is 26.3 Å². The minimum atomic E-state index is -1.65. The molecule has 1 aromatic carbocycles. The molecule has 0 amide bonds. The van der Waals surface area contributed by atoms with Crippen molar-refractivity contribution in [1.29, 1.82) is 0 Å². The number of ketones is 1. The van der Waals surface area contributed by atoms with Gasteiger partial charge in [-0.05, 0) is 12.1 Å². The second-order valence-corrected chi connectivity index (χ2v) is 4.31. The minimum Gasteiger partial charge on any atom is -0.496 e. The zero-order valence-electron chi connectivity index (χ0n) is 9.17. The molecular formula is C12H7F3O2S. The van der Waals surface area contributed by atoms with Crippen molar-refractivity contribution in [3.8, 4) is 5.75 Å². The van der Waals surface area contributed by atoms with Crippen molar-refractivity contribution < 1.29 is 22.7 Å². The predicted octanol–water partition coefficient (Wildman–Crippen LogP) is 3.41. The number of carbonyl (C=O) groups is 1. The number of rotatable bonds is 3. The average Bonchev–Trinajstić information content (AvgIpc) is 2.84. The highest BCUT2D eigenvalue weighted by atomic mass is 32.1. The zero-order chi connectivity index (χ0) is 13.3. The number of halogens is 3. The number of ether oxygens (including phenoxy) is 1. The van der Waals surface area contributed by atoms with E-state index in [0.717, 1.165) is 23.5 Å². The first-order valence-electron chi connectivity index (χ1n) is 4.85. The van der Waals surface area contributed by atoms with Crippen LogP contribution in [0.3, 0.4) is 0 Å². The summed E-state index contributed by atoms with van der Waals surface area (Å²) < 4.78 is 44.1. The van der Waals surface area contributed by atoms with Gasteiger partial charge >= 0.3 is 0 Å². The van der Waals surface area contributed by atoms with Crippen molar-refractivity contribution in [2.75, 3.05) is 7.11 Å². The van der Waals surface area contributed by atoms with Gasteiger partial charge in [0.15, 0.2) is 17.5 Å². The van der Waals surface area contributed by atoms with Gasteiger partial charge in [0.05, 0.1) is 17.6 Å². The number of carbonyl (C=O) groups excluding carboxylic acids is 1. The van der Waals surface area contributed by atoms with Gasteiger partial charge in [0.1, 0.15) is 5.75 Å². The normalized spacial score (nSPS) is 10.4. The van der Waals surface area contributed by atoms with Crippen LogP contribution in [0.4, 0.5) is 13.2 Å². The predicted molar refractivity (Wildman–Crippen MR) is 60.6 cm³/mol. The number of thiophene rings is 1. The molecule has 0 saturated carbocycles. The number of methoxy groups -OCH3 is 1. The highest BCUT2D eigenvalue weighted by Crippen LogP contribution is 2.25. The first-order chi connectivity index (χ1) is 8.54. The molecule has 2 rings (SSSR count). The quantitative estimate of drug-likeness (QED) is 0.632. The molecule has 1 aromatic heterocycles. The van der Waals surface area contributed by atoms with E-state index >= 15 is 0 Å². The molecule has 0 spiro atoms. The van der Waals surface area contributed by atoms with Crippen LogP contribution in [0.1, 0.15) is 15.2 Å². The van der Waals surface area contributed by atoms with Gasteiger partial charge in [-0.15, -0.1) is 11.3 Å². The lowest BCUT2D eigenvalue weighted by Gasteiger charge is -2.02. The van der Waals surface area contributed by atoms with E-state index in [9.17, 15) is 18.0 Å². The molecule has 2 nitrogen and oxygen atoms in total. The largest absolute Gasteiger partial charge is 0.496 e. The summed E-state index contributed by atoms with van der Waals surface area (Å²) in [6, 6.07) is 3.05. The Morgan fingerprint density at radius 2 is 1.94 bits per heavy atom. The third kappa shape index (κ3) is 2.11. The second kappa shape index (κ2) is 4.81. The molecule has 94 valence electrons. The maximum Gasteiger partial charge on any atom is 0.206 e. The van der Waals surface area contributed by atoms with Crippen LogP contribution in [0, 0.1) is 17.5 Å². The van der Waals surface area contributed by atoms with Gasteiger partial charge in [-0.3, -0.25) is 4.79 Å². The summed E-state index contributed by atoms with van der Waals surface area (Å²) in [7, 11) is 1.43. The SMILES string of the molecule is COc1csc(C(=O)c2ccc(F)c(F)c2F)c1. The van der Waals surface area contributed by atoms with Crippen molar-refractivity contribution in [2.24, 2.45) is 0 Å². The Balaban J connectivity index is 2.43. The van der Waals surface area contributed by atoms with Crippen molar-refractivity contribution in [2.45, 2.75) is 0 Å². The van der Waals surface area contributed by atoms with Crippen molar-refractivity contribution >= 4 is 17.1 Å². The molecule has 0 radical (unpaired) electrons. The van der Waals surface area contributed by atoms with Crippen LogP contribution >= 0.6 is 11.3 Å². The van der Waals surface area contributed by atoms with Crippen molar-refractivity contribution in [1.82, 2.24) is 0 Å². The molecular weight excluding hydrogens is 265 g/mol. The summed E-state index contributed by atoms with van der Waals surface area (Å²) >= 11 is 1.04. The molecule has 2 aromatic rings. The summed E-state index contributed by atoms with van der Waals surface area (Å²) in [6.45, 7) is 0. The first-order valence-corrected chi connectivity index (χ1v) is 5.73. The van der Waals surface area contributed by atoms with E-state index < -0.39 is 28.8 Å². The Morgan fingerprint density at radius 3 is 2.56 bits per heavy atom. The lowest BCUT2D eigenvalue weighted by molar-refractivity contribution is 0.103. The Morgan fingerprint density at radius 1 is 1.22 bits per heavy atom. The van der Waals surface area contributed by atoms with E-state index in [1.807, 2.05) is 0 Å². The lowest BCUT2D eigenvalue weighted by atomic mass is 10.1. The van der Waals surface area contributed by atoms with E-state index in [2.05, 4.69) is 0 Å². The van der Waals surface area contributed by atoms with Gasteiger partial charge < -0.3 is 4.74 Å². The molecule has 0 aliphatic heterocycles. The summed E-state index contributed by atoms with van der Waals surface area (Å²) in [5.74, 6) is -4.71. The van der Waals surface area contributed by atoms with Crippen molar-refractivity contribution in [3.63, 3.8) is 0 Å². The first kappa shape index (κ1) is 12.6. The molecule has 0 N–H and O–H groups in total. The van der Waals surface area contributed by atoms with Gasteiger partial charge in [-0.25, -0.2) is 13.2 Å². The maximum absolute atomic E-state index is 13.4. The molecule has 6 heteroatoms. The number of benzene rings is 1. The molecule has 18 heavy (non-hydrogen) atoms. The summed E-state index contributed by atoms with van der Waals surface area (Å²) in [5, 5.41) is 1.56. The second-order valence-electron chi connectivity index (χ2n) is 3.40. The minimum absolute atomic E-state index is 0.191. The van der Waals surface area contributed by atoms with Crippen LogP contribution in [0.15, 0.2) is 23.6 Å². The molecule has 0 unspecified atom stereocenters. The van der Waals surface area contributed by atoms with Crippen LogP contribution in [0.2, 0.25) is 0 Å². The van der Waals surface area contributed by atoms with Crippen LogP contribution in [0.25, 0.3) is 0 Å². The molecule has 1 heterocycles. The van der Waals surface area contributed by atoms with E-state index in [1.165, 1.54) is 13.2 Å². The van der Waals surface area contributed by atoms with Crippen molar-refractivity contribution in [3.05, 3.63) is 51.5 Å². The fourth-order valence-corrected chi connectivity index (χ4v) is 2.19. The van der Waals surface area contributed by atoms with Gasteiger partial charge in [-0.1, -0.05) is 0 Å². The monoisotopic (exact) mass is 272 g/mol. The van der Waals surface area contributed by atoms with Gasteiger partial charge in [0.25, 0.3) is 0 Å². The zero-order valence-corrected chi connectivity index (χ0v) is 9.98. The Bertz CT molecular complexity index is 607. The Labute approximate surface area is 105 Å². The molecule has 0 fully saturated rings. The van der Waals surface area contributed by atoms with E-state index in [4.69, 9.17) is 4.74 Å².